The molecule has 1 fully saturated rings. The highest BCUT2D eigenvalue weighted by Gasteiger charge is 2.32. The lowest BCUT2D eigenvalue weighted by atomic mass is 9.80. The molecule has 2 amide bonds. The first-order chi connectivity index (χ1) is 14.1. The summed E-state index contributed by atoms with van der Waals surface area (Å²) in [5.74, 6) is -0.0715. The normalized spacial score (nSPS) is 18.8. The Hall–Kier alpha value is -2.69. The summed E-state index contributed by atoms with van der Waals surface area (Å²) in [5, 5.41) is 2.99. The number of rotatable bonds is 7. The van der Waals surface area contributed by atoms with E-state index in [-0.39, 0.29) is 29.5 Å². The van der Waals surface area contributed by atoms with E-state index in [2.05, 4.69) is 5.32 Å². The van der Waals surface area contributed by atoms with Crippen LogP contribution in [0.3, 0.4) is 0 Å². The first kappa shape index (κ1) is 21.0. The van der Waals surface area contributed by atoms with Gasteiger partial charge in [-0.1, -0.05) is 30.3 Å². The molecule has 4 nitrogen and oxygen atoms in total. The molecule has 1 aliphatic rings. The number of para-hydroxylation sites is 1. The summed E-state index contributed by atoms with van der Waals surface area (Å²) in [6.07, 6.45) is 3.66. The molecule has 0 spiro atoms. The van der Waals surface area contributed by atoms with Gasteiger partial charge in [-0.05, 0) is 68.9 Å². The van der Waals surface area contributed by atoms with Crippen LogP contribution < -0.4 is 10.2 Å². The molecular weight excluding hydrogens is 367 g/mol. The fourth-order valence-corrected chi connectivity index (χ4v) is 4.02. The lowest BCUT2D eigenvalue weighted by molar-refractivity contribution is -0.129. The predicted molar refractivity (Wildman–Crippen MR) is 113 cm³/mol. The Morgan fingerprint density at radius 3 is 2.21 bits per heavy atom. The fourth-order valence-electron chi connectivity index (χ4n) is 4.02. The van der Waals surface area contributed by atoms with Gasteiger partial charge in [-0.25, -0.2) is 4.39 Å². The van der Waals surface area contributed by atoms with E-state index in [4.69, 9.17) is 0 Å². The van der Waals surface area contributed by atoms with E-state index in [1.54, 1.807) is 12.1 Å². The van der Waals surface area contributed by atoms with Crippen LogP contribution in [0.4, 0.5) is 10.1 Å². The van der Waals surface area contributed by atoms with Crippen molar-refractivity contribution in [1.29, 1.82) is 0 Å². The van der Waals surface area contributed by atoms with Crippen molar-refractivity contribution in [2.45, 2.75) is 39.0 Å². The number of benzene rings is 2. The lowest BCUT2D eigenvalue weighted by Crippen LogP contribution is -2.40. The maximum absolute atomic E-state index is 13.0. The number of hydrogen-bond donors (Lipinski definition) is 1. The van der Waals surface area contributed by atoms with Gasteiger partial charge in [0, 0.05) is 30.6 Å². The second kappa shape index (κ2) is 10.2. The lowest BCUT2D eigenvalue weighted by Gasteiger charge is -2.31. The van der Waals surface area contributed by atoms with Crippen molar-refractivity contribution in [2.24, 2.45) is 11.8 Å². The molecule has 1 N–H and O–H groups in total. The van der Waals surface area contributed by atoms with Gasteiger partial charge in [0.15, 0.2) is 0 Å². The van der Waals surface area contributed by atoms with Crippen molar-refractivity contribution in [1.82, 2.24) is 5.32 Å². The average Bonchev–Trinajstić information content (AvgIpc) is 2.76. The van der Waals surface area contributed by atoms with E-state index in [0.717, 1.165) is 36.9 Å². The molecule has 0 radical (unpaired) electrons. The zero-order valence-electron chi connectivity index (χ0n) is 16.9. The number of carbonyl (C=O) groups excluding carboxylic acids is 2. The maximum atomic E-state index is 13.0. The van der Waals surface area contributed by atoms with Crippen LogP contribution in [0, 0.1) is 17.7 Å². The second-order valence-corrected chi connectivity index (χ2v) is 7.63. The van der Waals surface area contributed by atoms with Crippen LogP contribution in [-0.4, -0.2) is 24.9 Å². The Balaban J connectivity index is 1.45. The minimum Gasteiger partial charge on any atom is -0.356 e. The number of carbonyl (C=O) groups is 2. The molecule has 0 heterocycles. The van der Waals surface area contributed by atoms with Crippen LogP contribution in [0.1, 0.15) is 38.2 Å². The highest BCUT2D eigenvalue weighted by molar-refractivity contribution is 5.95. The third-order valence-corrected chi connectivity index (χ3v) is 5.72. The number of amides is 2. The highest BCUT2D eigenvalue weighted by Crippen LogP contribution is 2.31. The Labute approximate surface area is 172 Å². The molecule has 1 aliphatic carbocycles. The minimum atomic E-state index is -0.252. The zero-order valence-corrected chi connectivity index (χ0v) is 16.9. The average molecular weight is 397 g/mol. The fraction of sp³-hybridized carbons (Fsp3) is 0.417. The monoisotopic (exact) mass is 396 g/mol. The Kier molecular flexibility index (Phi) is 7.39. The van der Waals surface area contributed by atoms with E-state index in [9.17, 15) is 14.0 Å². The molecule has 0 saturated heterocycles. The first-order valence-corrected chi connectivity index (χ1v) is 10.5. The summed E-state index contributed by atoms with van der Waals surface area (Å²) >= 11 is 0. The zero-order chi connectivity index (χ0) is 20.6. The molecule has 5 heteroatoms. The van der Waals surface area contributed by atoms with Crippen LogP contribution in [0.25, 0.3) is 0 Å². The molecule has 0 aromatic heterocycles. The van der Waals surface area contributed by atoms with Gasteiger partial charge in [-0.2, -0.15) is 0 Å². The first-order valence-electron chi connectivity index (χ1n) is 10.5. The number of nitrogens with zero attached hydrogens (tertiary/aromatic N) is 1. The molecule has 0 aliphatic heterocycles. The van der Waals surface area contributed by atoms with Crippen molar-refractivity contribution in [3.05, 3.63) is 66.0 Å². The van der Waals surface area contributed by atoms with E-state index in [0.29, 0.717) is 19.5 Å². The summed E-state index contributed by atoms with van der Waals surface area (Å²) in [6, 6.07) is 16.1. The standard InChI is InChI=1S/C24H29FN2O2/c1-2-27(22-6-4-3-5-7-22)24(29)20-12-10-19(11-13-20)23(28)26-17-16-18-8-14-21(25)15-9-18/h3-9,14-15,19-20H,2,10-13,16-17H2,1H3,(H,26,28). The summed E-state index contributed by atoms with van der Waals surface area (Å²) in [7, 11) is 0. The topological polar surface area (TPSA) is 49.4 Å². The third kappa shape index (κ3) is 5.66. The van der Waals surface area contributed by atoms with E-state index in [1.807, 2.05) is 42.2 Å². The van der Waals surface area contributed by atoms with Crippen LogP contribution in [-0.2, 0) is 16.0 Å². The van der Waals surface area contributed by atoms with Crippen LogP contribution >= 0.6 is 0 Å². The van der Waals surface area contributed by atoms with Gasteiger partial charge < -0.3 is 10.2 Å². The highest BCUT2D eigenvalue weighted by atomic mass is 19.1. The smallest absolute Gasteiger partial charge is 0.230 e. The number of hydrogen-bond acceptors (Lipinski definition) is 2. The third-order valence-electron chi connectivity index (χ3n) is 5.72. The van der Waals surface area contributed by atoms with E-state index >= 15 is 0 Å². The van der Waals surface area contributed by atoms with Crippen molar-refractivity contribution in [3.8, 4) is 0 Å². The quantitative estimate of drug-likeness (QED) is 0.757. The van der Waals surface area contributed by atoms with Gasteiger partial charge in [-0.3, -0.25) is 9.59 Å². The maximum Gasteiger partial charge on any atom is 0.230 e. The van der Waals surface area contributed by atoms with Gasteiger partial charge in [-0.15, -0.1) is 0 Å². The van der Waals surface area contributed by atoms with Crippen LogP contribution in [0.15, 0.2) is 54.6 Å². The molecule has 3 rings (SSSR count). The molecular formula is C24H29FN2O2. The Bertz CT molecular complexity index is 799. The summed E-state index contributed by atoms with van der Waals surface area (Å²) in [4.78, 5) is 27.3. The molecule has 0 atom stereocenters. The molecule has 0 bridgehead atoms. The van der Waals surface area contributed by atoms with Gasteiger partial charge in [0.25, 0.3) is 0 Å². The van der Waals surface area contributed by atoms with Gasteiger partial charge >= 0.3 is 0 Å². The van der Waals surface area contributed by atoms with Gasteiger partial charge in [0.1, 0.15) is 5.82 Å². The van der Waals surface area contributed by atoms with Crippen molar-refractivity contribution in [3.63, 3.8) is 0 Å². The second-order valence-electron chi connectivity index (χ2n) is 7.63. The molecule has 1 saturated carbocycles. The molecule has 29 heavy (non-hydrogen) atoms. The predicted octanol–water partition coefficient (Wildman–Crippen LogP) is 4.34. The minimum absolute atomic E-state index is 0.0154. The number of anilines is 1. The number of nitrogens with one attached hydrogen (secondary N) is 1. The summed E-state index contributed by atoms with van der Waals surface area (Å²) in [6.45, 7) is 3.18. The van der Waals surface area contributed by atoms with Crippen LogP contribution in [0.2, 0.25) is 0 Å². The Morgan fingerprint density at radius 1 is 0.966 bits per heavy atom. The van der Waals surface area contributed by atoms with E-state index in [1.165, 1.54) is 12.1 Å². The molecule has 2 aromatic rings. The van der Waals surface area contributed by atoms with Crippen molar-refractivity contribution >= 4 is 17.5 Å². The van der Waals surface area contributed by atoms with Gasteiger partial charge in [0.2, 0.25) is 11.8 Å². The van der Waals surface area contributed by atoms with Gasteiger partial charge in [0.05, 0.1) is 0 Å². The van der Waals surface area contributed by atoms with Crippen molar-refractivity contribution < 1.29 is 14.0 Å². The summed E-state index contributed by atoms with van der Waals surface area (Å²) < 4.78 is 12.9. The Morgan fingerprint density at radius 2 is 1.59 bits per heavy atom. The molecule has 2 aromatic carbocycles. The molecule has 154 valence electrons. The van der Waals surface area contributed by atoms with Crippen molar-refractivity contribution in [2.75, 3.05) is 18.0 Å². The largest absolute Gasteiger partial charge is 0.356 e. The molecule has 0 unspecified atom stereocenters. The number of halogens is 1. The summed E-state index contributed by atoms with van der Waals surface area (Å²) in [5.41, 5.74) is 1.93. The SMILES string of the molecule is CCN(C(=O)C1CCC(C(=O)NCCc2ccc(F)cc2)CC1)c1ccccc1. The van der Waals surface area contributed by atoms with E-state index < -0.39 is 0 Å². The van der Waals surface area contributed by atoms with Crippen LogP contribution in [0.5, 0.6) is 0 Å².